The van der Waals surface area contributed by atoms with Crippen LogP contribution in [0.5, 0.6) is 0 Å². The van der Waals surface area contributed by atoms with Crippen LogP contribution in [0.1, 0.15) is 44.6 Å². The molecule has 0 saturated carbocycles. The van der Waals surface area contributed by atoms with Crippen LogP contribution in [-0.4, -0.2) is 46.8 Å². The van der Waals surface area contributed by atoms with Crippen molar-refractivity contribution in [2.24, 2.45) is 0 Å². The molecule has 2 fully saturated rings. The second kappa shape index (κ2) is 7.42. The average Bonchev–Trinajstić information content (AvgIpc) is 2.57. The molecule has 2 saturated heterocycles. The Hall–Kier alpha value is -1.10. The molecule has 1 aromatic rings. The highest BCUT2D eigenvalue weighted by atomic mass is 35.5. The smallest absolute Gasteiger partial charge is 0.226 e. The van der Waals surface area contributed by atoms with Crippen LogP contribution in [0.2, 0.25) is 5.02 Å². The molecule has 2 heterocycles. The van der Waals surface area contributed by atoms with Crippen molar-refractivity contribution in [3.05, 3.63) is 34.9 Å². The lowest BCUT2D eigenvalue weighted by Crippen LogP contribution is -2.53. The van der Waals surface area contributed by atoms with Crippen molar-refractivity contribution in [1.29, 1.82) is 0 Å². The largest absolute Gasteiger partial charge is 0.393 e. The second-order valence-corrected chi connectivity index (χ2v) is 7.55. The summed E-state index contributed by atoms with van der Waals surface area (Å²) in [7, 11) is 0. The summed E-state index contributed by atoms with van der Waals surface area (Å²) < 4.78 is 6.28. The molecule has 4 nitrogen and oxygen atoms in total. The Labute approximate surface area is 148 Å². The van der Waals surface area contributed by atoms with Gasteiger partial charge in [-0.25, -0.2) is 0 Å². The van der Waals surface area contributed by atoms with Crippen LogP contribution < -0.4 is 0 Å². The monoisotopic (exact) mass is 351 g/mol. The van der Waals surface area contributed by atoms with E-state index in [4.69, 9.17) is 16.3 Å². The molecule has 3 rings (SSSR count). The van der Waals surface area contributed by atoms with Gasteiger partial charge in [0.15, 0.2) is 0 Å². The maximum atomic E-state index is 12.5. The average molecular weight is 352 g/mol. The van der Waals surface area contributed by atoms with Gasteiger partial charge in [0.2, 0.25) is 5.91 Å². The van der Waals surface area contributed by atoms with Crippen molar-refractivity contribution in [2.45, 2.75) is 63.3 Å². The zero-order valence-corrected chi connectivity index (χ0v) is 15.0. The number of piperidine rings is 1. The van der Waals surface area contributed by atoms with E-state index in [1.54, 1.807) is 0 Å². The van der Waals surface area contributed by atoms with Crippen molar-refractivity contribution >= 4 is 17.5 Å². The molecule has 132 valence electrons. The lowest BCUT2D eigenvalue weighted by molar-refractivity contribution is -0.183. The molecule has 1 aromatic carbocycles. The molecule has 0 bridgehead atoms. The van der Waals surface area contributed by atoms with Crippen molar-refractivity contribution < 1.29 is 14.6 Å². The minimum absolute atomic E-state index is 0.144. The van der Waals surface area contributed by atoms with E-state index in [0.29, 0.717) is 31.0 Å². The predicted octanol–water partition coefficient (Wildman–Crippen LogP) is 3.19. The molecule has 0 radical (unpaired) electrons. The molecule has 2 atom stereocenters. The lowest BCUT2D eigenvalue weighted by atomic mass is 9.81. The van der Waals surface area contributed by atoms with E-state index in [1.807, 2.05) is 29.2 Å². The first-order valence-corrected chi connectivity index (χ1v) is 9.25. The third-order valence-electron chi connectivity index (χ3n) is 5.31. The number of carbonyl (C=O) groups excluding carboxylic acids is 1. The summed E-state index contributed by atoms with van der Waals surface area (Å²) in [6.45, 7) is 3.51. The van der Waals surface area contributed by atoms with E-state index in [1.165, 1.54) is 0 Å². The number of aliphatic hydroxyl groups is 1. The summed E-state index contributed by atoms with van der Waals surface area (Å²) in [5.74, 6) is 0.149. The molecular formula is C19H26ClNO3. The van der Waals surface area contributed by atoms with Crippen LogP contribution >= 0.6 is 11.6 Å². The highest BCUT2D eigenvalue weighted by Gasteiger charge is 2.43. The van der Waals surface area contributed by atoms with Gasteiger partial charge in [0.05, 0.1) is 24.2 Å². The standard InChI is InChI=1S/C19H26ClNO3/c1-2-17-12-16(22)13-19(24-17)7-9-21(10-8-19)18(23)11-14-3-5-15(20)6-4-14/h3-6,16-17,22H,2,7-13H2,1H3/t16-,17+/m1/s1. The SMILES string of the molecule is CC[C@H]1C[C@@H](O)CC2(CCN(C(=O)Cc3ccc(Cl)cc3)CC2)O1. The van der Waals surface area contributed by atoms with Gasteiger partial charge >= 0.3 is 0 Å². The van der Waals surface area contributed by atoms with Crippen molar-refractivity contribution in [1.82, 2.24) is 4.90 Å². The van der Waals surface area contributed by atoms with Crippen molar-refractivity contribution in [2.75, 3.05) is 13.1 Å². The third-order valence-corrected chi connectivity index (χ3v) is 5.56. The zero-order valence-electron chi connectivity index (χ0n) is 14.2. The van der Waals surface area contributed by atoms with Gasteiger partial charge in [-0.05, 0) is 43.4 Å². The Morgan fingerprint density at radius 1 is 1.33 bits per heavy atom. The highest BCUT2D eigenvalue weighted by Crippen LogP contribution is 2.38. The van der Waals surface area contributed by atoms with Crippen LogP contribution in [0.25, 0.3) is 0 Å². The number of amides is 1. The molecular weight excluding hydrogens is 326 g/mol. The number of hydrogen-bond acceptors (Lipinski definition) is 3. The highest BCUT2D eigenvalue weighted by molar-refractivity contribution is 6.30. The van der Waals surface area contributed by atoms with Crippen LogP contribution in [0, 0.1) is 0 Å². The summed E-state index contributed by atoms with van der Waals surface area (Å²) in [5, 5.41) is 10.8. The van der Waals surface area contributed by atoms with E-state index in [2.05, 4.69) is 6.92 Å². The molecule has 1 N–H and O–H groups in total. The minimum atomic E-state index is -0.278. The first kappa shape index (κ1) is 17.7. The number of aliphatic hydroxyl groups excluding tert-OH is 1. The summed E-state index contributed by atoms with van der Waals surface area (Å²) in [4.78, 5) is 14.4. The molecule has 24 heavy (non-hydrogen) atoms. The molecule has 0 unspecified atom stereocenters. The second-order valence-electron chi connectivity index (χ2n) is 7.11. The van der Waals surface area contributed by atoms with Gasteiger partial charge in [-0.3, -0.25) is 4.79 Å². The maximum absolute atomic E-state index is 12.5. The van der Waals surface area contributed by atoms with Crippen molar-refractivity contribution in [3.8, 4) is 0 Å². The van der Waals surface area contributed by atoms with Gasteiger partial charge < -0.3 is 14.7 Å². The van der Waals surface area contributed by atoms with Crippen LogP contribution in [-0.2, 0) is 16.0 Å². The number of carbonyl (C=O) groups is 1. The molecule has 0 aromatic heterocycles. The minimum Gasteiger partial charge on any atom is -0.393 e. The molecule has 5 heteroatoms. The third kappa shape index (κ3) is 4.11. The number of benzene rings is 1. The summed E-state index contributed by atoms with van der Waals surface area (Å²) in [5.41, 5.74) is 0.745. The van der Waals surface area contributed by atoms with E-state index >= 15 is 0 Å². The first-order valence-electron chi connectivity index (χ1n) is 8.88. The Bertz CT molecular complexity index is 566. The molecule has 0 aliphatic carbocycles. The summed E-state index contributed by atoms with van der Waals surface area (Å²) in [6.07, 6.45) is 4.26. The Balaban J connectivity index is 1.56. The Morgan fingerprint density at radius 2 is 2.00 bits per heavy atom. The van der Waals surface area contributed by atoms with Gasteiger partial charge in [-0.2, -0.15) is 0 Å². The van der Waals surface area contributed by atoms with Gasteiger partial charge in [0.1, 0.15) is 0 Å². The predicted molar refractivity (Wildman–Crippen MR) is 94.1 cm³/mol. The number of ether oxygens (including phenoxy) is 1. The number of likely N-dealkylation sites (tertiary alicyclic amines) is 1. The molecule has 2 aliphatic heterocycles. The molecule has 1 amide bonds. The fourth-order valence-electron chi connectivity index (χ4n) is 3.89. The fourth-order valence-corrected chi connectivity index (χ4v) is 4.02. The first-order chi connectivity index (χ1) is 11.5. The van der Waals surface area contributed by atoms with Crippen LogP contribution in [0.3, 0.4) is 0 Å². The van der Waals surface area contributed by atoms with Gasteiger partial charge in [-0.15, -0.1) is 0 Å². The summed E-state index contributed by atoms with van der Waals surface area (Å²) >= 11 is 5.89. The topological polar surface area (TPSA) is 49.8 Å². The quantitative estimate of drug-likeness (QED) is 0.909. The fraction of sp³-hybridized carbons (Fsp3) is 0.632. The van der Waals surface area contributed by atoms with Gasteiger partial charge in [0, 0.05) is 24.5 Å². The zero-order chi connectivity index (χ0) is 17.2. The number of nitrogens with zero attached hydrogens (tertiary/aromatic N) is 1. The van der Waals surface area contributed by atoms with Crippen LogP contribution in [0.15, 0.2) is 24.3 Å². The lowest BCUT2D eigenvalue weighted by Gasteiger charge is -2.47. The maximum Gasteiger partial charge on any atom is 0.226 e. The number of hydrogen-bond donors (Lipinski definition) is 1. The summed E-state index contributed by atoms with van der Waals surface area (Å²) in [6, 6.07) is 7.44. The Morgan fingerprint density at radius 3 is 2.62 bits per heavy atom. The number of halogens is 1. The van der Waals surface area contributed by atoms with Crippen LogP contribution in [0.4, 0.5) is 0 Å². The number of rotatable bonds is 3. The van der Waals surface area contributed by atoms with E-state index in [-0.39, 0.29) is 23.7 Å². The van der Waals surface area contributed by atoms with Gasteiger partial charge in [-0.1, -0.05) is 30.7 Å². The Kier molecular flexibility index (Phi) is 5.48. The molecule has 2 aliphatic rings. The normalized spacial score (nSPS) is 26.5. The molecule has 1 spiro atoms. The van der Waals surface area contributed by atoms with E-state index in [9.17, 15) is 9.90 Å². The van der Waals surface area contributed by atoms with Crippen molar-refractivity contribution in [3.63, 3.8) is 0 Å². The van der Waals surface area contributed by atoms with E-state index in [0.717, 1.165) is 31.2 Å². The van der Waals surface area contributed by atoms with Gasteiger partial charge in [0.25, 0.3) is 0 Å². The van der Waals surface area contributed by atoms with E-state index < -0.39 is 0 Å².